The molecule has 0 atom stereocenters. The Bertz CT molecular complexity index is 1170. The number of aryl methyl sites for hydroxylation is 1. The van der Waals surface area contributed by atoms with Crippen molar-refractivity contribution < 1.29 is 13.2 Å². The first-order chi connectivity index (χ1) is 14.7. The molecule has 166 valence electrons. The van der Waals surface area contributed by atoms with Crippen LogP contribution in [0.3, 0.4) is 0 Å². The maximum absolute atomic E-state index is 12.4. The van der Waals surface area contributed by atoms with Crippen LogP contribution in [0.25, 0.3) is 5.82 Å². The summed E-state index contributed by atoms with van der Waals surface area (Å²) in [5, 5.41) is 18.5. The Morgan fingerprint density at radius 1 is 1.10 bits per heavy atom. The van der Waals surface area contributed by atoms with Gasteiger partial charge in [-0.05, 0) is 50.6 Å². The van der Waals surface area contributed by atoms with Crippen molar-refractivity contribution in [1.82, 2.24) is 30.0 Å². The highest BCUT2D eigenvalue weighted by atomic mass is 32.2. The molecule has 3 aromatic rings. The van der Waals surface area contributed by atoms with E-state index in [1.165, 1.54) is 13.0 Å². The van der Waals surface area contributed by atoms with Gasteiger partial charge < -0.3 is 10.6 Å². The van der Waals surface area contributed by atoms with E-state index in [-0.39, 0.29) is 16.7 Å². The fourth-order valence-electron chi connectivity index (χ4n) is 2.73. The van der Waals surface area contributed by atoms with Gasteiger partial charge in [-0.1, -0.05) is 0 Å². The lowest BCUT2D eigenvalue weighted by Gasteiger charge is -2.08. The highest BCUT2D eigenvalue weighted by Gasteiger charge is 2.16. The number of nitrogens with one attached hydrogen (secondary N) is 3. The number of thiophene rings is 1. The highest BCUT2D eigenvalue weighted by Crippen LogP contribution is 2.21. The van der Waals surface area contributed by atoms with Crippen LogP contribution in [0.4, 0.5) is 5.82 Å². The zero-order chi connectivity index (χ0) is 22.6. The van der Waals surface area contributed by atoms with Crippen molar-refractivity contribution >= 4 is 33.1 Å². The van der Waals surface area contributed by atoms with Crippen LogP contribution in [0.5, 0.6) is 0 Å². The number of anilines is 1. The van der Waals surface area contributed by atoms with Crippen molar-refractivity contribution in [3.63, 3.8) is 0 Å². The van der Waals surface area contributed by atoms with E-state index >= 15 is 0 Å². The summed E-state index contributed by atoms with van der Waals surface area (Å²) in [4.78, 5) is 11.7. The Hall–Kier alpha value is -2.83. The number of aromatic nitrogens is 4. The smallest absolute Gasteiger partial charge is 0.250 e. The zero-order valence-corrected chi connectivity index (χ0v) is 19.4. The van der Waals surface area contributed by atoms with Crippen molar-refractivity contribution in [3.05, 3.63) is 46.1 Å². The lowest BCUT2D eigenvalue weighted by Crippen LogP contribution is -2.28. The third kappa shape index (κ3) is 5.66. The molecule has 0 saturated carbocycles. The van der Waals surface area contributed by atoms with Crippen LogP contribution < -0.4 is 15.4 Å². The molecule has 0 bridgehead atoms. The van der Waals surface area contributed by atoms with E-state index in [2.05, 4.69) is 30.7 Å². The maximum Gasteiger partial charge on any atom is 0.250 e. The Morgan fingerprint density at radius 3 is 2.48 bits per heavy atom. The summed E-state index contributed by atoms with van der Waals surface area (Å²) in [6.45, 7) is 8.19. The van der Waals surface area contributed by atoms with E-state index in [4.69, 9.17) is 0 Å². The summed E-state index contributed by atoms with van der Waals surface area (Å²) in [5.41, 5.74) is 3.07. The van der Waals surface area contributed by atoms with Gasteiger partial charge in [-0.25, -0.2) is 17.8 Å². The van der Waals surface area contributed by atoms with E-state index in [9.17, 15) is 13.2 Å². The molecule has 0 aliphatic heterocycles. The van der Waals surface area contributed by atoms with Crippen LogP contribution in [0.1, 0.15) is 28.8 Å². The van der Waals surface area contributed by atoms with Crippen LogP contribution >= 0.6 is 11.3 Å². The first-order valence-electron chi connectivity index (χ1n) is 9.61. The second-order valence-corrected chi connectivity index (χ2v) is 10.1. The molecule has 12 heteroatoms. The number of carbonyl (C=O) groups is 1. The molecule has 10 nitrogen and oxygen atoms in total. The molecule has 0 aliphatic carbocycles. The molecule has 0 radical (unpaired) electrons. The minimum absolute atomic E-state index is 0.164. The number of rotatable bonds is 9. The molecular formula is C19H25N7O3S2. The number of amides is 1. The first kappa shape index (κ1) is 22.8. The van der Waals surface area contributed by atoms with Crippen LogP contribution in [-0.4, -0.2) is 47.4 Å². The fourth-order valence-corrected chi connectivity index (χ4v) is 5.10. The molecule has 31 heavy (non-hydrogen) atoms. The van der Waals surface area contributed by atoms with Gasteiger partial charge in [0.15, 0.2) is 5.82 Å². The fraction of sp³-hybridized carbons (Fsp3) is 0.368. The normalized spacial score (nSPS) is 11.5. The quantitative estimate of drug-likeness (QED) is 0.412. The van der Waals surface area contributed by atoms with Gasteiger partial charge >= 0.3 is 0 Å². The molecule has 0 aliphatic rings. The molecule has 3 N–H and O–H groups in total. The predicted octanol–water partition coefficient (Wildman–Crippen LogP) is 1.68. The minimum Gasteiger partial charge on any atom is -0.367 e. The SMILES string of the molecule is CC(=O)NCc1ccc(S(=O)(=O)NCCNc2ccc(-n3nc(C)c(C)c3C)nn2)s1. The topological polar surface area (TPSA) is 131 Å². The highest BCUT2D eigenvalue weighted by molar-refractivity contribution is 7.91. The maximum atomic E-state index is 12.4. The third-order valence-corrected chi connectivity index (χ3v) is 7.70. The van der Waals surface area contributed by atoms with Gasteiger partial charge in [0.05, 0.1) is 12.2 Å². The molecule has 3 rings (SSSR count). The van der Waals surface area contributed by atoms with Crippen molar-refractivity contribution in [2.45, 2.75) is 38.4 Å². The molecule has 1 amide bonds. The largest absolute Gasteiger partial charge is 0.367 e. The van der Waals surface area contributed by atoms with Gasteiger partial charge in [0.2, 0.25) is 15.9 Å². The monoisotopic (exact) mass is 463 g/mol. The molecule has 0 aromatic carbocycles. The van der Waals surface area contributed by atoms with Gasteiger partial charge in [0, 0.05) is 30.6 Å². The third-order valence-electron chi connectivity index (χ3n) is 4.66. The number of hydrogen-bond acceptors (Lipinski definition) is 8. The van der Waals surface area contributed by atoms with Crippen molar-refractivity contribution in [2.75, 3.05) is 18.4 Å². The van der Waals surface area contributed by atoms with Gasteiger partial charge in [0.25, 0.3) is 0 Å². The van der Waals surface area contributed by atoms with Crippen molar-refractivity contribution in [2.24, 2.45) is 0 Å². The summed E-state index contributed by atoms with van der Waals surface area (Å²) in [6.07, 6.45) is 0. The Morgan fingerprint density at radius 2 is 1.87 bits per heavy atom. The van der Waals surface area contributed by atoms with E-state index in [0.29, 0.717) is 24.7 Å². The average Bonchev–Trinajstić information content (AvgIpc) is 3.32. The van der Waals surface area contributed by atoms with Crippen LogP contribution in [0.15, 0.2) is 28.5 Å². The molecule has 3 aromatic heterocycles. The Balaban J connectivity index is 1.51. The lowest BCUT2D eigenvalue weighted by atomic mass is 10.2. The molecule has 3 heterocycles. The summed E-state index contributed by atoms with van der Waals surface area (Å²) in [5.74, 6) is 0.991. The first-order valence-corrected chi connectivity index (χ1v) is 11.9. The average molecular weight is 464 g/mol. The zero-order valence-electron chi connectivity index (χ0n) is 17.8. The van der Waals surface area contributed by atoms with E-state index in [1.54, 1.807) is 22.9 Å². The van der Waals surface area contributed by atoms with E-state index < -0.39 is 10.0 Å². The van der Waals surface area contributed by atoms with Crippen LogP contribution in [-0.2, 0) is 21.4 Å². The van der Waals surface area contributed by atoms with Gasteiger partial charge in [0.1, 0.15) is 10.0 Å². The summed E-state index contributed by atoms with van der Waals surface area (Å²) >= 11 is 1.12. The van der Waals surface area contributed by atoms with Crippen LogP contribution in [0.2, 0.25) is 0 Å². The van der Waals surface area contributed by atoms with E-state index in [0.717, 1.165) is 33.2 Å². The van der Waals surface area contributed by atoms with Crippen molar-refractivity contribution in [1.29, 1.82) is 0 Å². The second-order valence-electron chi connectivity index (χ2n) is 6.94. The molecule has 0 saturated heterocycles. The summed E-state index contributed by atoms with van der Waals surface area (Å²) in [6, 6.07) is 6.80. The predicted molar refractivity (Wildman–Crippen MR) is 119 cm³/mol. The Kier molecular flexibility index (Phi) is 7.03. The molecule has 0 fully saturated rings. The van der Waals surface area contributed by atoms with Gasteiger partial charge in [-0.2, -0.15) is 5.10 Å². The number of carbonyl (C=O) groups excluding carboxylic acids is 1. The molecular weight excluding hydrogens is 438 g/mol. The minimum atomic E-state index is -3.61. The number of nitrogens with zero attached hydrogens (tertiary/aromatic N) is 4. The lowest BCUT2D eigenvalue weighted by molar-refractivity contribution is -0.119. The number of hydrogen-bond donors (Lipinski definition) is 3. The summed E-state index contributed by atoms with van der Waals surface area (Å²) < 4.78 is 29.3. The van der Waals surface area contributed by atoms with Crippen molar-refractivity contribution in [3.8, 4) is 5.82 Å². The van der Waals surface area contributed by atoms with E-state index in [1.807, 2.05) is 20.8 Å². The second kappa shape index (κ2) is 9.54. The summed E-state index contributed by atoms with van der Waals surface area (Å²) in [7, 11) is -3.61. The molecule has 0 spiro atoms. The number of sulfonamides is 1. The Labute approximate surface area is 185 Å². The standard InChI is InChI=1S/C19H25N7O3S2/c1-12-13(2)25-26(14(12)3)18-7-6-17(23-24-18)20-9-10-22-31(28,29)19-8-5-16(30-19)11-21-15(4)27/h5-8,22H,9-11H2,1-4H3,(H,20,23)(H,21,27). The van der Waals surface area contributed by atoms with Crippen LogP contribution in [0, 0.1) is 20.8 Å². The molecule has 0 unspecified atom stereocenters. The van der Waals surface area contributed by atoms with Gasteiger partial charge in [-0.3, -0.25) is 4.79 Å². The van der Waals surface area contributed by atoms with Gasteiger partial charge in [-0.15, -0.1) is 21.5 Å².